The molecular weight excluding hydrogens is 255 g/mol. The summed E-state index contributed by atoms with van der Waals surface area (Å²) in [5.74, 6) is 1.58. The van der Waals surface area contributed by atoms with Gasteiger partial charge in [0.05, 0.1) is 11.6 Å². The molecule has 2 aromatic heterocycles. The average Bonchev–Trinajstić information content (AvgIpc) is 2.94. The monoisotopic (exact) mass is 274 g/mol. The van der Waals surface area contributed by atoms with Crippen molar-refractivity contribution in [3.63, 3.8) is 0 Å². The van der Waals surface area contributed by atoms with Gasteiger partial charge in [0.2, 0.25) is 0 Å². The first-order valence-electron chi connectivity index (χ1n) is 7.04. The fourth-order valence-electron chi connectivity index (χ4n) is 2.69. The Balaban J connectivity index is 1.65. The van der Waals surface area contributed by atoms with Crippen molar-refractivity contribution < 1.29 is 5.02 Å². The molecule has 106 valence electrons. The molecule has 3 N–H and O–H groups in total. The molecule has 0 aromatic carbocycles. The molecule has 0 amide bonds. The maximum atomic E-state index is 9.26. The van der Waals surface area contributed by atoms with Gasteiger partial charge in [-0.05, 0) is 32.1 Å². The second kappa shape index (κ2) is 5.76. The second-order valence-electron chi connectivity index (χ2n) is 5.34. The molecular formula is C12H19BN6O. The SMILES string of the molecule is CB(O)NCC1CCN(c2ncnc3[nH]ncc23)CC1. The lowest BCUT2D eigenvalue weighted by atomic mass is 9.86. The smallest absolute Gasteiger partial charge is 0.373 e. The van der Waals surface area contributed by atoms with Crippen LogP contribution in [0, 0.1) is 5.92 Å². The van der Waals surface area contributed by atoms with Crippen LogP contribution in [0.15, 0.2) is 12.5 Å². The van der Waals surface area contributed by atoms with Crippen LogP contribution in [0.1, 0.15) is 12.8 Å². The van der Waals surface area contributed by atoms with Crippen molar-refractivity contribution in [2.75, 3.05) is 24.5 Å². The first kappa shape index (κ1) is 13.3. The molecule has 1 aliphatic rings. The van der Waals surface area contributed by atoms with Crippen LogP contribution in [0.4, 0.5) is 5.82 Å². The summed E-state index contributed by atoms with van der Waals surface area (Å²) in [4.78, 5) is 10.9. The summed E-state index contributed by atoms with van der Waals surface area (Å²) < 4.78 is 0. The molecule has 0 spiro atoms. The molecule has 1 saturated heterocycles. The predicted molar refractivity (Wildman–Crippen MR) is 78.5 cm³/mol. The predicted octanol–water partition coefficient (Wildman–Crippen LogP) is 0.269. The number of nitrogens with zero attached hydrogens (tertiary/aromatic N) is 4. The molecule has 20 heavy (non-hydrogen) atoms. The van der Waals surface area contributed by atoms with Crippen LogP contribution in [-0.2, 0) is 0 Å². The van der Waals surface area contributed by atoms with Gasteiger partial charge in [0.15, 0.2) is 5.65 Å². The van der Waals surface area contributed by atoms with Gasteiger partial charge in [-0.25, -0.2) is 9.97 Å². The molecule has 1 aliphatic heterocycles. The summed E-state index contributed by atoms with van der Waals surface area (Å²) in [5, 5.41) is 20.2. The van der Waals surface area contributed by atoms with E-state index in [-0.39, 0.29) is 0 Å². The largest absolute Gasteiger partial charge is 0.437 e. The van der Waals surface area contributed by atoms with Crippen LogP contribution in [0.25, 0.3) is 11.0 Å². The summed E-state index contributed by atoms with van der Waals surface area (Å²) >= 11 is 0. The van der Waals surface area contributed by atoms with Crippen LogP contribution < -0.4 is 10.1 Å². The third kappa shape index (κ3) is 2.76. The van der Waals surface area contributed by atoms with E-state index in [1.807, 2.05) is 0 Å². The van der Waals surface area contributed by atoms with E-state index in [0.29, 0.717) is 5.92 Å². The lowest BCUT2D eigenvalue weighted by Crippen LogP contribution is -2.41. The molecule has 1 fully saturated rings. The standard InChI is InChI=1S/C12H19BN6O/c1-13(20)16-6-9-2-4-19(5-3-9)12-10-7-17-18-11(10)14-8-15-12/h7-9,16,20H,2-6H2,1H3,(H,14,15,17,18). The van der Waals surface area contributed by atoms with Crippen LogP contribution in [-0.4, -0.2) is 51.9 Å². The van der Waals surface area contributed by atoms with Gasteiger partial charge in [0, 0.05) is 13.1 Å². The molecule has 0 aliphatic carbocycles. The highest BCUT2D eigenvalue weighted by Gasteiger charge is 2.22. The third-order valence-corrected chi connectivity index (χ3v) is 3.84. The normalized spacial score (nSPS) is 16.8. The van der Waals surface area contributed by atoms with Gasteiger partial charge >= 0.3 is 7.05 Å². The highest BCUT2D eigenvalue weighted by Crippen LogP contribution is 2.26. The number of rotatable bonds is 4. The van der Waals surface area contributed by atoms with E-state index in [9.17, 15) is 5.02 Å². The van der Waals surface area contributed by atoms with Gasteiger partial charge in [-0.15, -0.1) is 0 Å². The number of hydrogen-bond donors (Lipinski definition) is 3. The minimum Gasteiger partial charge on any atom is -0.437 e. The minimum absolute atomic E-state index is 0.430. The number of aromatic amines is 1. The van der Waals surface area contributed by atoms with Crippen molar-refractivity contribution in [3.8, 4) is 0 Å². The Hall–Kier alpha value is -1.67. The summed E-state index contributed by atoms with van der Waals surface area (Å²) in [6.07, 6.45) is 5.56. The highest BCUT2D eigenvalue weighted by molar-refractivity contribution is 6.45. The zero-order chi connectivity index (χ0) is 13.9. The molecule has 3 rings (SSSR count). The molecule has 0 atom stereocenters. The molecule has 0 unspecified atom stereocenters. The van der Waals surface area contributed by atoms with E-state index < -0.39 is 7.05 Å². The summed E-state index contributed by atoms with van der Waals surface area (Å²) in [6.45, 7) is 4.58. The molecule has 2 aromatic rings. The van der Waals surface area contributed by atoms with Crippen molar-refractivity contribution in [2.45, 2.75) is 19.7 Å². The highest BCUT2D eigenvalue weighted by atomic mass is 16.2. The van der Waals surface area contributed by atoms with Gasteiger partial charge in [-0.3, -0.25) is 5.10 Å². The van der Waals surface area contributed by atoms with E-state index in [2.05, 4.69) is 30.3 Å². The van der Waals surface area contributed by atoms with Crippen molar-refractivity contribution in [2.24, 2.45) is 5.92 Å². The van der Waals surface area contributed by atoms with E-state index in [1.165, 1.54) is 0 Å². The van der Waals surface area contributed by atoms with Crippen LogP contribution in [0.5, 0.6) is 0 Å². The third-order valence-electron chi connectivity index (χ3n) is 3.84. The van der Waals surface area contributed by atoms with Crippen molar-refractivity contribution in [3.05, 3.63) is 12.5 Å². The molecule has 3 heterocycles. The van der Waals surface area contributed by atoms with Gasteiger partial charge in [0.25, 0.3) is 0 Å². The lowest BCUT2D eigenvalue weighted by molar-refractivity contribution is 0.395. The Kier molecular flexibility index (Phi) is 3.84. The number of aromatic nitrogens is 4. The maximum absolute atomic E-state index is 9.26. The Morgan fingerprint density at radius 3 is 3.00 bits per heavy atom. The zero-order valence-corrected chi connectivity index (χ0v) is 11.6. The fraction of sp³-hybridized carbons (Fsp3) is 0.583. The maximum Gasteiger partial charge on any atom is 0.373 e. The minimum atomic E-state index is -0.430. The number of fused-ring (bicyclic) bond motifs is 1. The molecule has 8 heteroatoms. The van der Waals surface area contributed by atoms with Crippen molar-refractivity contribution >= 4 is 23.9 Å². The summed E-state index contributed by atoms with van der Waals surface area (Å²) in [7, 11) is -0.430. The van der Waals surface area contributed by atoms with E-state index in [0.717, 1.165) is 49.3 Å². The Morgan fingerprint density at radius 1 is 1.45 bits per heavy atom. The Morgan fingerprint density at radius 2 is 2.25 bits per heavy atom. The van der Waals surface area contributed by atoms with E-state index in [4.69, 9.17) is 0 Å². The van der Waals surface area contributed by atoms with Gasteiger partial charge in [-0.1, -0.05) is 0 Å². The topological polar surface area (TPSA) is 90.0 Å². The van der Waals surface area contributed by atoms with Gasteiger partial charge < -0.3 is 15.2 Å². The second-order valence-corrected chi connectivity index (χ2v) is 5.34. The summed E-state index contributed by atoms with van der Waals surface area (Å²) in [6, 6.07) is 0. The molecule has 7 nitrogen and oxygen atoms in total. The van der Waals surface area contributed by atoms with Crippen LogP contribution in [0.3, 0.4) is 0 Å². The number of H-pyrrole nitrogens is 1. The first-order valence-corrected chi connectivity index (χ1v) is 7.04. The number of nitrogens with one attached hydrogen (secondary N) is 2. The number of piperidine rings is 1. The Labute approximate surface area is 117 Å². The van der Waals surface area contributed by atoms with Crippen LogP contribution >= 0.6 is 0 Å². The van der Waals surface area contributed by atoms with Crippen molar-refractivity contribution in [1.82, 2.24) is 25.4 Å². The number of anilines is 1. The molecule has 0 bridgehead atoms. The quantitative estimate of drug-likeness (QED) is 0.693. The zero-order valence-electron chi connectivity index (χ0n) is 11.6. The molecule has 0 saturated carbocycles. The Bertz CT molecular complexity index is 566. The fourth-order valence-corrected chi connectivity index (χ4v) is 2.69. The number of hydrogen-bond acceptors (Lipinski definition) is 6. The lowest BCUT2D eigenvalue weighted by Gasteiger charge is -2.33. The van der Waals surface area contributed by atoms with E-state index in [1.54, 1.807) is 19.3 Å². The van der Waals surface area contributed by atoms with Crippen molar-refractivity contribution in [1.29, 1.82) is 0 Å². The van der Waals surface area contributed by atoms with Crippen LogP contribution in [0.2, 0.25) is 6.82 Å². The van der Waals surface area contributed by atoms with E-state index >= 15 is 0 Å². The molecule has 0 radical (unpaired) electrons. The average molecular weight is 274 g/mol. The van der Waals surface area contributed by atoms with Gasteiger partial charge in [-0.2, -0.15) is 5.10 Å². The van der Waals surface area contributed by atoms with Gasteiger partial charge in [0.1, 0.15) is 12.1 Å². The summed E-state index contributed by atoms with van der Waals surface area (Å²) in [5.41, 5.74) is 0.785. The first-order chi connectivity index (χ1) is 9.74.